The van der Waals surface area contributed by atoms with Gasteiger partial charge in [-0.1, -0.05) is 12.1 Å². The molecule has 3 heterocycles. The number of pyridine rings is 1. The highest BCUT2D eigenvalue weighted by Gasteiger charge is 2.28. The molecule has 1 aliphatic rings. The van der Waals surface area contributed by atoms with Crippen molar-refractivity contribution in [2.24, 2.45) is 0 Å². The summed E-state index contributed by atoms with van der Waals surface area (Å²) in [5.41, 5.74) is 2.41. The summed E-state index contributed by atoms with van der Waals surface area (Å²) in [7, 11) is 1.59. The summed E-state index contributed by atoms with van der Waals surface area (Å²) in [5.74, 6) is 0.872. The molecule has 25 heavy (non-hydrogen) atoms. The van der Waals surface area contributed by atoms with Gasteiger partial charge in [0.2, 0.25) is 0 Å². The van der Waals surface area contributed by atoms with Crippen LogP contribution in [0.5, 0.6) is 5.75 Å². The summed E-state index contributed by atoms with van der Waals surface area (Å²) in [5, 5.41) is 8.46. The van der Waals surface area contributed by atoms with E-state index in [1.54, 1.807) is 13.3 Å². The number of nitrogens with zero attached hydrogens (tertiary/aromatic N) is 3. The van der Waals surface area contributed by atoms with Gasteiger partial charge >= 0.3 is 0 Å². The number of aromatic amines is 1. The first-order valence-corrected chi connectivity index (χ1v) is 8.49. The SMILES string of the molecule is COc1ccccc1C(=O)N1CCCC(c2[nH]nc3ncccc23)C1. The summed E-state index contributed by atoms with van der Waals surface area (Å²) in [6.07, 6.45) is 3.74. The van der Waals surface area contributed by atoms with E-state index in [-0.39, 0.29) is 11.8 Å². The Morgan fingerprint density at radius 2 is 2.16 bits per heavy atom. The molecule has 0 radical (unpaired) electrons. The molecular formula is C19H20N4O2. The van der Waals surface area contributed by atoms with Crippen LogP contribution in [0.3, 0.4) is 0 Å². The Morgan fingerprint density at radius 1 is 1.28 bits per heavy atom. The predicted octanol–water partition coefficient (Wildman–Crippen LogP) is 2.99. The third-order valence-corrected chi connectivity index (χ3v) is 4.81. The van der Waals surface area contributed by atoms with Crippen LogP contribution >= 0.6 is 0 Å². The maximum atomic E-state index is 13.0. The van der Waals surface area contributed by atoms with Crippen molar-refractivity contribution in [1.82, 2.24) is 20.1 Å². The average Bonchev–Trinajstić information content (AvgIpc) is 3.11. The lowest BCUT2D eigenvalue weighted by molar-refractivity contribution is 0.0703. The summed E-state index contributed by atoms with van der Waals surface area (Å²) < 4.78 is 5.34. The Morgan fingerprint density at radius 3 is 3.04 bits per heavy atom. The molecule has 1 saturated heterocycles. The highest BCUT2D eigenvalue weighted by atomic mass is 16.5. The molecule has 1 fully saturated rings. The fourth-order valence-electron chi connectivity index (χ4n) is 3.57. The molecule has 1 atom stereocenters. The van der Waals surface area contributed by atoms with Crippen molar-refractivity contribution in [1.29, 1.82) is 0 Å². The number of likely N-dealkylation sites (tertiary alicyclic amines) is 1. The molecule has 0 aliphatic carbocycles. The van der Waals surface area contributed by atoms with E-state index in [0.717, 1.165) is 36.1 Å². The van der Waals surface area contributed by atoms with Gasteiger partial charge in [-0.25, -0.2) is 4.98 Å². The first kappa shape index (κ1) is 15.6. The van der Waals surface area contributed by atoms with Crippen molar-refractivity contribution in [3.63, 3.8) is 0 Å². The van der Waals surface area contributed by atoms with Crippen molar-refractivity contribution in [3.8, 4) is 5.75 Å². The smallest absolute Gasteiger partial charge is 0.257 e. The summed E-state index contributed by atoms with van der Waals surface area (Å²) in [6.45, 7) is 1.43. The quantitative estimate of drug-likeness (QED) is 0.798. The lowest BCUT2D eigenvalue weighted by Gasteiger charge is -2.32. The zero-order valence-electron chi connectivity index (χ0n) is 14.1. The molecule has 1 amide bonds. The summed E-state index contributed by atoms with van der Waals surface area (Å²) >= 11 is 0. The molecule has 6 nitrogen and oxygen atoms in total. The topological polar surface area (TPSA) is 71.1 Å². The second-order valence-electron chi connectivity index (χ2n) is 6.30. The van der Waals surface area contributed by atoms with Gasteiger partial charge in [-0.3, -0.25) is 9.89 Å². The number of H-pyrrole nitrogens is 1. The molecule has 3 aromatic rings. The maximum absolute atomic E-state index is 13.0. The number of fused-ring (bicyclic) bond motifs is 1. The lowest BCUT2D eigenvalue weighted by atomic mass is 9.92. The number of benzene rings is 1. The van der Waals surface area contributed by atoms with Crippen LogP contribution in [-0.2, 0) is 0 Å². The molecule has 1 aromatic carbocycles. The standard InChI is InChI=1S/C19H20N4O2/c1-25-16-9-3-2-7-14(16)19(24)23-11-5-6-13(12-23)17-15-8-4-10-20-18(15)22-21-17/h2-4,7-10,13H,5-6,11-12H2,1H3,(H,20,21,22). The molecule has 1 aliphatic heterocycles. The van der Waals surface area contributed by atoms with E-state index in [4.69, 9.17) is 4.74 Å². The highest BCUT2D eigenvalue weighted by molar-refractivity contribution is 5.97. The number of piperidine rings is 1. The number of amides is 1. The van der Waals surface area contributed by atoms with Crippen molar-refractivity contribution in [2.45, 2.75) is 18.8 Å². The number of ether oxygens (including phenoxy) is 1. The molecule has 0 spiro atoms. The predicted molar refractivity (Wildman–Crippen MR) is 94.8 cm³/mol. The van der Waals surface area contributed by atoms with Crippen LogP contribution in [-0.4, -0.2) is 46.2 Å². The minimum Gasteiger partial charge on any atom is -0.496 e. The number of nitrogens with one attached hydrogen (secondary N) is 1. The molecule has 6 heteroatoms. The first-order valence-electron chi connectivity index (χ1n) is 8.49. The van der Waals surface area contributed by atoms with Gasteiger partial charge in [0.15, 0.2) is 5.65 Å². The van der Waals surface area contributed by atoms with Gasteiger partial charge in [0.05, 0.1) is 12.7 Å². The highest BCUT2D eigenvalue weighted by Crippen LogP contribution is 2.31. The van der Waals surface area contributed by atoms with E-state index in [0.29, 0.717) is 17.9 Å². The summed E-state index contributed by atoms with van der Waals surface area (Å²) in [6, 6.07) is 11.3. The van der Waals surface area contributed by atoms with Gasteiger partial charge in [0.25, 0.3) is 5.91 Å². The van der Waals surface area contributed by atoms with E-state index < -0.39 is 0 Å². The molecule has 128 valence electrons. The fourth-order valence-corrected chi connectivity index (χ4v) is 3.57. The number of para-hydroxylation sites is 1. The number of carbonyl (C=O) groups excluding carboxylic acids is 1. The number of rotatable bonds is 3. The van der Waals surface area contributed by atoms with Crippen LogP contribution in [0.25, 0.3) is 11.0 Å². The fraction of sp³-hybridized carbons (Fsp3) is 0.316. The van der Waals surface area contributed by atoms with Gasteiger partial charge < -0.3 is 9.64 Å². The van der Waals surface area contributed by atoms with Gasteiger partial charge in [0, 0.05) is 36.3 Å². The van der Waals surface area contributed by atoms with Crippen LogP contribution in [0.2, 0.25) is 0 Å². The Hall–Kier alpha value is -2.89. The van der Waals surface area contributed by atoms with E-state index >= 15 is 0 Å². The zero-order chi connectivity index (χ0) is 17.2. The normalized spacial score (nSPS) is 17.6. The van der Waals surface area contributed by atoms with Crippen LogP contribution in [0.15, 0.2) is 42.6 Å². The van der Waals surface area contributed by atoms with Crippen molar-refractivity contribution in [2.75, 3.05) is 20.2 Å². The monoisotopic (exact) mass is 336 g/mol. The molecule has 0 bridgehead atoms. The van der Waals surface area contributed by atoms with E-state index in [9.17, 15) is 4.79 Å². The van der Waals surface area contributed by atoms with E-state index in [2.05, 4.69) is 15.2 Å². The van der Waals surface area contributed by atoms with Gasteiger partial charge in [-0.05, 0) is 37.1 Å². The van der Waals surface area contributed by atoms with Crippen molar-refractivity contribution in [3.05, 3.63) is 53.9 Å². The molecule has 1 unspecified atom stereocenters. The Balaban J connectivity index is 1.60. The minimum atomic E-state index is 0.0177. The zero-order valence-corrected chi connectivity index (χ0v) is 14.1. The first-order chi connectivity index (χ1) is 12.3. The number of hydrogen-bond acceptors (Lipinski definition) is 4. The molecule has 0 saturated carbocycles. The second kappa shape index (κ2) is 6.55. The lowest BCUT2D eigenvalue weighted by Crippen LogP contribution is -2.39. The van der Waals surface area contributed by atoms with Gasteiger partial charge in [0.1, 0.15) is 5.75 Å². The molecule has 1 N–H and O–H groups in total. The van der Waals surface area contributed by atoms with Gasteiger partial charge in [-0.15, -0.1) is 0 Å². The van der Waals surface area contributed by atoms with Crippen molar-refractivity contribution < 1.29 is 9.53 Å². The van der Waals surface area contributed by atoms with Crippen LogP contribution in [0.4, 0.5) is 0 Å². The minimum absolute atomic E-state index is 0.0177. The third kappa shape index (κ3) is 2.84. The largest absolute Gasteiger partial charge is 0.496 e. The summed E-state index contributed by atoms with van der Waals surface area (Å²) in [4.78, 5) is 19.2. The second-order valence-corrected chi connectivity index (χ2v) is 6.30. The third-order valence-electron chi connectivity index (χ3n) is 4.81. The molecule has 2 aromatic heterocycles. The number of hydrogen-bond donors (Lipinski definition) is 1. The molecular weight excluding hydrogens is 316 g/mol. The van der Waals surface area contributed by atoms with E-state index in [1.807, 2.05) is 41.3 Å². The van der Waals surface area contributed by atoms with E-state index in [1.165, 1.54) is 0 Å². The number of carbonyl (C=O) groups is 1. The van der Waals surface area contributed by atoms with Crippen molar-refractivity contribution >= 4 is 16.9 Å². The number of methoxy groups -OCH3 is 1. The number of aromatic nitrogens is 3. The maximum Gasteiger partial charge on any atom is 0.257 e. The Labute approximate surface area is 145 Å². The van der Waals surface area contributed by atoms with Gasteiger partial charge in [-0.2, -0.15) is 5.10 Å². The van der Waals surface area contributed by atoms with Crippen LogP contribution < -0.4 is 4.74 Å². The Kier molecular flexibility index (Phi) is 4.09. The average molecular weight is 336 g/mol. The Bertz CT molecular complexity index is 905. The molecule has 4 rings (SSSR count). The van der Waals surface area contributed by atoms with Crippen LogP contribution in [0, 0.1) is 0 Å². The van der Waals surface area contributed by atoms with Crippen LogP contribution in [0.1, 0.15) is 34.8 Å².